The number of ether oxygens (including phenoxy) is 3. The molecule has 374 valence electrons. The van der Waals surface area contributed by atoms with Crippen LogP contribution in [0.2, 0.25) is 0 Å². The van der Waals surface area contributed by atoms with E-state index in [-0.39, 0.29) is 41.1 Å². The predicted octanol–water partition coefficient (Wildman–Crippen LogP) is 9.52. The number of nitrogens with zero attached hydrogens (tertiary/aromatic N) is 6. The molecule has 3 aromatic carbocycles. The van der Waals surface area contributed by atoms with E-state index in [1.807, 2.05) is 56.5 Å². The minimum absolute atomic E-state index is 0.174. The molecular formula is C52H54F2N10O7S. The van der Waals surface area contributed by atoms with Crippen LogP contribution >= 0.6 is 11.3 Å². The van der Waals surface area contributed by atoms with E-state index >= 15 is 4.39 Å². The zero-order chi connectivity index (χ0) is 50.5. The maximum Gasteiger partial charge on any atom is 0.407 e. The Morgan fingerprint density at radius 1 is 0.722 bits per heavy atom. The van der Waals surface area contributed by atoms with Crippen molar-refractivity contribution in [2.75, 3.05) is 27.3 Å². The second-order valence-electron chi connectivity index (χ2n) is 19.0. The van der Waals surface area contributed by atoms with Crippen LogP contribution in [0.5, 0.6) is 5.75 Å². The zero-order valence-corrected chi connectivity index (χ0v) is 41.3. The zero-order valence-electron chi connectivity index (χ0n) is 40.5. The Kier molecular flexibility index (Phi) is 13.0. The van der Waals surface area contributed by atoms with Gasteiger partial charge in [-0.15, -0.1) is 11.3 Å². The topological polar surface area (TPSA) is 202 Å². The SMILES string of the molecule is COC(=O)N[C@H](C(=O)N1CCC[C@H]1c1ncc(-c2cc(F)c3c(c2)OC(c2cnc(-c4ccc(F)cc4)s2)n2c-3cc3cc(-c4cnc([C@@H]5CCCN5C(=O)[C@@H](NC(=O)OC)C(C)C)[nH]4)ccc32)[nH]1)C(C)C. The number of aromatic nitrogens is 6. The quantitative estimate of drug-likeness (QED) is 0.0914. The number of halogens is 2. The Balaban J connectivity index is 0.987. The Labute approximate surface area is 417 Å². The highest BCUT2D eigenvalue weighted by Gasteiger charge is 2.40. The Hall–Kier alpha value is -7.61. The van der Waals surface area contributed by atoms with Gasteiger partial charge in [-0.2, -0.15) is 0 Å². The van der Waals surface area contributed by atoms with Gasteiger partial charge in [-0.05, 0) is 92.1 Å². The number of fused-ring (bicyclic) bond motifs is 5. The second-order valence-corrected chi connectivity index (χ2v) is 20.1. The van der Waals surface area contributed by atoms with Crippen LogP contribution in [0.25, 0.3) is 55.2 Å². The number of thiazole rings is 1. The molecule has 0 spiro atoms. The van der Waals surface area contributed by atoms with E-state index in [0.717, 1.165) is 45.4 Å². The smallest absolute Gasteiger partial charge is 0.407 e. The van der Waals surface area contributed by atoms with Gasteiger partial charge in [0, 0.05) is 41.4 Å². The van der Waals surface area contributed by atoms with Crippen molar-refractivity contribution in [2.24, 2.45) is 11.8 Å². The molecule has 0 aliphatic carbocycles. The summed E-state index contributed by atoms with van der Waals surface area (Å²) < 4.78 is 49.4. The molecule has 0 bridgehead atoms. The molecule has 3 aliphatic heterocycles. The summed E-state index contributed by atoms with van der Waals surface area (Å²) in [5.41, 5.74) is 4.88. The summed E-state index contributed by atoms with van der Waals surface area (Å²) in [7, 11) is 2.52. The Morgan fingerprint density at radius 2 is 1.29 bits per heavy atom. The molecule has 0 saturated carbocycles. The lowest BCUT2D eigenvalue weighted by Gasteiger charge is -2.30. The first-order chi connectivity index (χ1) is 34.7. The van der Waals surface area contributed by atoms with E-state index in [1.54, 1.807) is 46.6 Å². The Bertz CT molecular complexity index is 3200. The van der Waals surface area contributed by atoms with Gasteiger partial charge in [-0.25, -0.2) is 33.3 Å². The molecule has 4 aromatic heterocycles. The maximum absolute atomic E-state index is 17.0. The Morgan fingerprint density at radius 3 is 1.86 bits per heavy atom. The van der Waals surface area contributed by atoms with Crippen molar-refractivity contribution in [1.29, 1.82) is 0 Å². The fourth-order valence-electron chi connectivity index (χ4n) is 10.1. The first-order valence-corrected chi connectivity index (χ1v) is 24.8. The van der Waals surface area contributed by atoms with Crippen LogP contribution in [0.4, 0.5) is 18.4 Å². The summed E-state index contributed by atoms with van der Waals surface area (Å²) in [6.45, 7) is 8.45. The maximum atomic E-state index is 17.0. The summed E-state index contributed by atoms with van der Waals surface area (Å²) in [5, 5.41) is 6.82. The first-order valence-electron chi connectivity index (χ1n) is 24.0. The molecule has 2 saturated heterocycles. The van der Waals surface area contributed by atoms with Crippen LogP contribution in [0.15, 0.2) is 79.3 Å². The van der Waals surface area contributed by atoms with E-state index in [0.29, 0.717) is 65.3 Å². The number of hydrogen-bond donors (Lipinski definition) is 4. The molecule has 3 aliphatic rings. The van der Waals surface area contributed by atoms with Crippen LogP contribution in [0.3, 0.4) is 0 Å². The number of aromatic amines is 2. The molecule has 4 amide bonds. The number of H-pyrrole nitrogens is 2. The summed E-state index contributed by atoms with van der Waals surface area (Å²) in [6.07, 6.45) is 5.78. The van der Waals surface area contributed by atoms with Crippen molar-refractivity contribution < 1.29 is 42.2 Å². The predicted molar refractivity (Wildman–Crippen MR) is 264 cm³/mol. The molecule has 5 atom stereocenters. The highest BCUT2D eigenvalue weighted by Crippen LogP contribution is 2.49. The molecule has 4 N–H and O–H groups in total. The van der Waals surface area contributed by atoms with E-state index < -0.39 is 42.4 Å². The second kappa shape index (κ2) is 19.5. The highest BCUT2D eigenvalue weighted by atomic mass is 32.1. The van der Waals surface area contributed by atoms with Crippen molar-refractivity contribution in [1.82, 2.24) is 49.9 Å². The van der Waals surface area contributed by atoms with E-state index in [1.165, 1.54) is 43.8 Å². The molecule has 72 heavy (non-hydrogen) atoms. The van der Waals surface area contributed by atoms with Crippen LogP contribution in [0.1, 0.15) is 88.2 Å². The van der Waals surface area contributed by atoms with Crippen LogP contribution in [-0.4, -0.2) is 103 Å². The standard InChI is InChI=1S/C52H54F2N10O7S/c1-26(2)43(60-51(67)69-5)48(65)62-17-7-9-37(62)45-55-23-34(58-45)29-13-16-36-31(19-29)21-39-42-33(54)20-30(22-40(42)71-50(64(36)39)41-25-57-47(72-41)28-11-14-32(53)15-12-28)35-24-56-46(59-35)38-10-8-18-63(38)49(66)44(27(3)4)61-52(68)70-6/h11-16,19-27,37-38,43-44,50H,7-10,17-18H2,1-6H3,(H,55,58)(H,56,59)(H,60,67)(H,61,68)/t37-,38-,43-,44-,50?/m0/s1. The van der Waals surface area contributed by atoms with Gasteiger partial charge in [-0.1, -0.05) is 33.8 Å². The van der Waals surface area contributed by atoms with Gasteiger partial charge in [0.25, 0.3) is 0 Å². The highest BCUT2D eigenvalue weighted by molar-refractivity contribution is 7.15. The molecule has 10 rings (SSSR count). The largest absolute Gasteiger partial charge is 0.464 e. The summed E-state index contributed by atoms with van der Waals surface area (Å²) in [4.78, 5) is 77.2. The lowest BCUT2D eigenvalue weighted by molar-refractivity contribution is -0.136. The van der Waals surface area contributed by atoms with Gasteiger partial charge < -0.3 is 44.6 Å². The third-order valence-electron chi connectivity index (χ3n) is 13.8. The number of alkyl carbamates (subject to hydrolysis) is 2. The molecular weight excluding hydrogens is 947 g/mol. The third kappa shape index (κ3) is 8.92. The van der Waals surface area contributed by atoms with Gasteiger partial charge in [0.2, 0.25) is 18.0 Å². The van der Waals surface area contributed by atoms with Gasteiger partial charge in [-0.3, -0.25) is 14.2 Å². The minimum Gasteiger partial charge on any atom is -0.464 e. The van der Waals surface area contributed by atoms with Crippen molar-refractivity contribution in [3.05, 3.63) is 107 Å². The lowest BCUT2D eigenvalue weighted by Crippen LogP contribution is -2.51. The lowest BCUT2D eigenvalue weighted by atomic mass is 10.0. The number of imidazole rings is 2. The van der Waals surface area contributed by atoms with Crippen molar-refractivity contribution in [3.8, 4) is 50.1 Å². The normalized spacial score (nSPS) is 18.2. The molecule has 7 aromatic rings. The first kappa shape index (κ1) is 48.0. The number of methoxy groups -OCH3 is 2. The number of likely N-dealkylation sites (tertiary alicyclic amines) is 2. The average Bonchev–Trinajstić information content (AvgIpc) is 4.24. The third-order valence-corrected chi connectivity index (χ3v) is 14.9. The van der Waals surface area contributed by atoms with Gasteiger partial charge in [0.1, 0.15) is 46.1 Å². The molecule has 1 unspecified atom stereocenters. The van der Waals surface area contributed by atoms with E-state index in [2.05, 4.69) is 25.6 Å². The number of carbonyl (C=O) groups is 4. The molecule has 2 fully saturated rings. The molecule has 20 heteroatoms. The molecule has 0 radical (unpaired) electrons. The number of benzene rings is 3. The fraction of sp³-hybridized carbons (Fsp3) is 0.365. The number of carbonyl (C=O) groups excluding carboxylic acids is 4. The van der Waals surface area contributed by atoms with Crippen molar-refractivity contribution >= 4 is 46.2 Å². The van der Waals surface area contributed by atoms with Crippen molar-refractivity contribution in [2.45, 2.75) is 83.8 Å². The minimum atomic E-state index is -0.798. The summed E-state index contributed by atoms with van der Waals surface area (Å²) in [6, 6.07) is 14.9. The molecule has 17 nitrogen and oxygen atoms in total. The van der Waals surface area contributed by atoms with Gasteiger partial charge >= 0.3 is 12.2 Å². The van der Waals surface area contributed by atoms with E-state index in [9.17, 15) is 23.6 Å². The monoisotopic (exact) mass is 1000 g/mol. The van der Waals surface area contributed by atoms with E-state index in [4.69, 9.17) is 24.2 Å². The summed E-state index contributed by atoms with van der Waals surface area (Å²) in [5.74, 6) is -0.255. The average molecular weight is 1000 g/mol. The number of rotatable bonds is 12. The van der Waals surface area contributed by atoms with Crippen molar-refractivity contribution in [3.63, 3.8) is 0 Å². The molecule has 7 heterocycles. The van der Waals surface area contributed by atoms with Crippen LogP contribution in [0, 0.1) is 23.5 Å². The number of nitrogens with one attached hydrogen (secondary N) is 4. The fourth-order valence-corrected chi connectivity index (χ4v) is 11.0. The van der Waals surface area contributed by atoms with Crippen LogP contribution in [-0.2, 0) is 19.1 Å². The van der Waals surface area contributed by atoms with Gasteiger partial charge in [0.15, 0.2) is 0 Å². The summed E-state index contributed by atoms with van der Waals surface area (Å²) >= 11 is 1.39. The number of amides is 4. The van der Waals surface area contributed by atoms with Gasteiger partial charge in [0.05, 0.1) is 71.7 Å². The number of hydrogen-bond acceptors (Lipinski definition) is 11. The van der Waals surface area contributed by atoms with Crippen LogP contribution < -0.4 is 15.4 Å².